The second-order valence-corrected chi connectivity index (χ2v) is 5.66. The number of pyridine rings is 1. The zero-order valence-electron chi connectivity index (χ0n) is 13.1. The summed E-state index contributed by atoms with van der Waals surface area (Å²) in [7, 11) is 3.10. The van der Waals surface area contributed by atoms with Crippen molar-refractivity contribution in [1.29, 1.82) is 0 Å². The molecular formula is C16H15N3O4S. The first-order chi connectivity index (χ1) is 11.7. The number of ether oxygens (including phenoxy) is 2. The molecule has 0 fully saturated rings. The third-order valence-corrected chi connectivity index (χ3v) is 3.99. The van der Waals surface area contributed by atoms with Gasteiger partial charge in [0.2, 0.25) is 5.91 Å². The van der Waals surface area contributed by atoms with E-state index in [-0.39, 0.29) is 11.7 Å². The van der Waals surface area contributed by atoms with Gasteiger partial charge in [-0.1, -0.05) is 11.8 Å². The van der Waals surface area contributed by atoms with Gasteiger partial charge in [0.25, 0.3) is 5.22 Å². The molecule has 0 aliphatic heterocycles. The first-order valence-electron chi connectivity index (χ1n) is 7.05. The van der Waals surface area contributed by atoms with Gasteiger partial charge in [0, 0.05) is 18.0 Å². The van der Waals surface area contributed by atoms with Crippen molar-refractivity contribution in [2.24, 2.45) is 0 Å². The maximum atomic E-state index is 12.1. The molecule has 3 rings (SSSR count). The molecule has 0 saturated carbocycles. The Labute approximate surface area is 142 Å². The molecular weight excluding hydrogens is 330 g/mol. The Morgan fingerprint density at radius 2 is 2.08 bits per heavy atom. The highest BCUT2D eigenvalue weighted by molar-refractivity contribution is 7.99. The summed E-state index contributed by atoms with van der Waals surface area (Å²) in [5.41, 5.74) is 1.94. The Kier molecular flexibility index (Phi) is 4.85. The molecule has 1 amide bonds. The molecule has 1 N–H and O–H groups in total. The molecule has 0 aliphatic rings. The molecule has 124 valence electrons. The SMILES string of the molecule is COc1ccc(NC(=O)CSc2nc3ccncc3o2)cc1OC. The van der Waals surface area contributed by atoms with Gasteiger partial charge >= 0.3 is 0 Å². The van der Waals surface area contributed by atoms with Gasteiger partial charge in [0.1, 0.15) is 5.52 Å². The van der Waals surface area contributed by atoms with Crippen LogP contribution in [0.3, 0.4) is 0 Å². The lowest BCUT2D eigenvalue weighted by molar-refractivity contribution is -0.113. The highest BCUT2D eigenvalue weighted by Gasteiger charge is 2.11. The van der Waals surface area contributed by atoms with E-state index in [1.807, 2.05) is 0 Å². The second-order valence-electron chi connectivity index (χ2n) is 4.73. The van der Waals surface area contributed by atoms with Gasteiger partial charge in [-0.05, 0) is 18.2 Å². The summed E-state index contributed by atoms with van der Waals surface area (Å²) in [5, 5.41) is 3.23. The van der Waals surface area contributed by atoms with E-state index in [9.17, 15) is 4.79 Å². The molecule has 0 unspecified atom stereocenters. The van der Waals surface area contributed by atoms with Crippen molar-refractivity contribution in [3.05, 3.63) is 36.7 Å². The predicted octanol–water partition coefficient (Wildman–Crippen LogP) is 2.97. The van der Waals surface area contributed by atoms with Crippen LogP contribution in [0.2, 0.25) is 0 Å². The molecule has 0 bridgehead atoms. The number of nitrogens with one attached hydrogen (secondary N) is 1. The molecule has 0 aliphatic carbocycles. The number of amides is 1. The number of benzene rings is 1. The highest BCUT2D eigenvalue weighted by Crippen LogP contribution is 2.30. The standard InChI is InChI=1S/C16H15N3O4S/c1-21-12-4-3-10(7-13(12)22-2)18-15(20)9-24-16-19-11-5-6-17-8-14(11)23-16/h3-8H,9H2,1-2H3,(H,18,20). The Morgan fingerprint density at radius 3 is 2.83 bits per heavy atom. The third-order valence-electron chi connectivity index (χ3n) is 3.17. The number of rotatable bonds is 6. The average Bonchev–Trinajstić information content (AvgIpc) is 3.03. The monoisotopic (exact) mass is 345 g/mol. The summed E-state index contributed by atoms with van der Waals surface area (Å²) in [6.45, 7) is 0. The summed E-state index contributed by atoms with van der Waals surface area (Å²) in [5.74, 6) is 1.15. The van der Waals surface area contributed by atoms with Crippen LogP contribution in [0.25, 0.3) is 11.1 Å². The van der Waals surface area contributed by atoms with Crippen molar-refractivity contribution < 1.29 is 18.7 Å². The van der Waals surface area contributed by atoms with E-state index in [1.54, 1.807) is 50.9 Å². The fourth-order valence-electron chi connectivity index (χ4n) is 2.06. The number of nitrogens with zero attached hydrogens (tertiary/aromatic N) is 2. The molecule has 8 heteroatoms. The van der Waals surface area contributed by atoms with Crippen LogP contribution >= 0.6 is 11.8 Å². The van der Waals surface area contributed by atoms with Crippen molar-refractivity contribution in [3.63, 3.8) is 0 Å². The number of fused-ring (bicyclic) bond motifs is 1. The number of hydrogen-bond acceptors (Lipinski definition) is 7. The first-order valence-corrected chi connectivity index (χ1v) is 8.03. The fraction of sp³-hybridized carbons (Fsp3) is 0.188. The van der Waals surface area contributed by atoms with Crippen LogP contribution in [0.5, 0.6) is 11.5 Å². The summed E-state index contributed by atoms with van der Waals surface area (Å²) in [4.78, 5) is 20.3. The number of aromatic nitrogens is 2. The van der Waals surface area contributed by atoms with E-state index < -0.39 is 0 Å². The zero-order valence-corrected chi connectivity index (χ0v) is 13.9. The quantitative estimate of drug-likeness (QED) is 0.687. The molecule has 3 aromatic rings. The van der Waals surface area contributed by atoms with Gasteiger partial charge in [-0.15, -0.1) is 0 Å². The lowest BCUT2D eigenvalue weighted by Crippen LogP contribution is -2.14. The molecule has 0 spiro atoms. The van der Waals surface area contributed by atoms with Gasteiger partial charge in [-0.25, -0.2) is 4.98 Å². The van der Waals surface area contributed by atoms with Gasteiger partial charge < -0.3 is 19.2 Å². The molecule has 24 heavy (non-hydrogen) atoms. The maximum Gasteiger partial charge on any atom is 0.257 e. The van der Waals surface area contributed by atoms with Crippen LogP contribution in [0.1, 0.15) is 0 Å². The summed E-state index contributed by atoms with van der Waals surface area (Å²) < 4.78 is 15.9. The van der Waals surface area contributed by atoms with Crippen LogP contribution < -0.4 is 14.8 Å². The van der Waals surface area contributed by atoms with E-state index in [0.717, 1.165) is 0 Å². The largest absolute Gasteiger partial charge is 0.493 e. The Bertz CT molecular complexity index is 832. The minimum atomic E-state index is -0.174. The Morgan fingerprint density at radius 1 is 1.25 bits per heavy atom. The third kappa shape index (κ3) is 3.60. The van der Waals surface area contributed by atoms with Gasteiger partial charge in [0.05, 0.1) is 26.2 Å². The number of anilines is 1. The molecule has 2 aromatic heterocycles. The molecule has 0 atom stereocenters. The van der Waals surface area contributed by atoms with Crippen LogP contribution in [0.4, 0.5) is 5.69 Å². The molecule has 2 heterocycles. The molecule has 7 nitrogen and oxygen atoms in total. The minimum Gasteiger partial charge on any atom is -0.493 e. The number of oxazole rings is 1. The zero-order chi connectivity index (χ0) is 16.9. The fourth-order valence-corrected chi connectivity index (χ4v) is 2.70. The van der Waals surface area contributed by atoms with Crippen LogP contribution in [0.15, 0.2) is 46.3 Å². The molecule has 0 saturated heterocycles. The second kappa shape index (κ2) is 7.22. The number of carbonyl (C=O) groups is 1. The Hall–Kier alpha value is -2.74. The Balaban J connectivity index is 1.61. The number of methoxy groups -OCH3 is 2. The van der Waals surface area contributed by atoms with Crippen LogP contribution in [0, 0.1) is 0 Å². The van der Waals surface area contributed by atoms with Crippen LogP contribution in [-0.2, 0) is 4.79 Å². The van der Waals surface area contributed by atoms with E-state index in [1.165, 1.54) is 11.8 Å². The van der Waals surface area contributed by atoms with Crippen LogP contribution in [-0.4, -0.2) is 35.8 Å². The van der Waals surface area contributed by atoms with E-state index in [2.05, 4.69) is 15.3 Å². The van der Waals surface area contributed by atoms with E-state index >= 15 is 0 Å². The maximum absolute atomic E-state index is 12.1. The summed E-state index contributed by atoms with van der Waals surface area (Å²) in [6.07, 6.45) is 3.24. The topological polar surface area (TPSA) is 86.5 Å². The summed E-state index contributed by atoms with van der Waals surface area (Å²) in [6, 6.07) is 6.93. The van der Waals surface area contributed by atoms with Crippen molar-refractivity contribution in [2.75, 3.05) is 25.3 Å². The molecule has 1 aromatic carbocycles. The number of hydrogen-bond donors (Lipinski definition) is 1. The highest BCUT2D eigenvalue weighted by atomic mass is 32.2. The van der Waals surface area contributed by atoms with Crippen molar-refractivity contribution >= 4 is 34.5 Å². The smallest absolute Gasteiger partial charge is 0.257 e. The van der Waals surface area contributed by atoms with Crippen molar-refractivity contribution in [1.82, 2.24) is 9.97 Å². The molecule has 0 radical (unpaired) electrons. The predicted molar refractivity (Wildman–Crippen MR) is 90.7 cm³/mol. The average molecular weight is 345 g/mol. The lowest BCUT2D eigenvalue weighted by Gasteiger charge is -2.10. The lowest BCUT2D eigenvalue weighted by atomic mass is 10.2. The normalized spacial score (nSPS) is 10.6. The summed E-state index contributed by atoms with van der Waals surface area (Å²) >= 11 is 1.22. The van der Waals surface area contributed by atoms with Gasteiger partial charge in [0.15, 0.2) is 17.1 Å². The van der Waals surface area contributed by atoms with Crippen molar-refractivity contribution in [3.8, 4) is 11.5 Å². The van der Waals surface area contributed by atoms with Gasteiger partial charge in [-0.2, -0.15) is 0 Å². The van der Waals surface area contributed by atoms with E-state index in [4.69, 9.17) is 13.9 Å². The number of carbonyl (C=O) groups excluding carboxylic acids is 1. The van der Waals surface area contributed by atoms with Gasteiger partial charge in [-0.3, -0.25) is 9.78 Å². The minimum absolute atomic E-state index is 0.174. The number of thioether (sulfide) groups is 1. The van der Waals surface area contributed by atoms with E-state index in [0.29, 0.717) is 33.5 Å². The van der Waals surface area contributed by atoms with Crippen molar-refractivity contribution in [2.45, 2.75) is 5.22 Å². The first kappa shape index (κ1) is 16.1.